The maximum atomic E-state index is 12.0. The number of hydrogen-bond acceptors (Lipinski definition) is 3. The van der Waals surface area contributed by atoms with Gasteiger partial charge in [-0.3, -0.25) is 4.79 Å². The molecule has 1 heterocycles. The molecular weight excluding hydrogens is 431 g/mol. The van der Waals surface area contributed by atoms with Gasteiger partial charge in [0, 0.05) is 39.2 Å². The fraction of sp³-hybridized carbons (Fsp3) is 0.556. The molecule has 1 atom stereocenters. The minimum Gasteiger partial charge on any atom is -0.381 e. The van der Waals surface area contributed by atoms with Gasteiger partial charge in [-0.2, -0.15) is 0 Å². The molecule has 1 saturated heterocycles. The van der Waals surface area contributed by atoms with Crippen molar-refractivity contribution < 1.29 is 9.53 Å². The second-order valence-corrected chi connectivity index (χ2v) is 6.04. The van der Waals surface area contributed by atoms with Crippen molar-refractivity contribution in [2.75, 3.05) is 39.9 Å². The molecule has 1 fully saturated rings. The van der Waals surface area contributed by atoms with Gasteiger partial charge in [-0.15, -0.1) is 24.0 Å². The Morgan fingerprint density at radius 1 is 1.32 bits per heavy atom. The van der Waals surface area contributed by atoms with E-state index in [1.165, 1.54) is 0 Å². The number of aliphatic imine (C=N–C) groups is 1. The van der Waals surface area contributed by atoms with Gasteiger partial charge >= 0.3 is 0 Å². The highest BCUT2D eigenvalue weighted by Crippen LogP contribution is 2.13. The van der Waals surface area contributed by atoms with Crippen molar-refractivity contribution in [2.45, 2.75) is 19.9 Å². The maximum Gasteiger partial charge on any atom is 0.242 e. The number of benzene rings is 1. The number of halogens is 1. The summed E-state index contributed by atoms with van der Waals surface area (Å²) in [6.07, 6.45) is 1.08. The van der Waals surface area contributed by atoms with Crippen LogP contribution in [0.5, 0.6) is 0 Å². The second kappa shape index (κ2) is 12.1. The minimum absolute atomic E-state index is 0. The van der Waals surface area contributed by atoms with E-state index in [9.17, 15) is 4.79 Å². The molecule has 0 radical (unpaired) electrons. The molecule has 0 spiro atoms. The van der Waals surface area contributed by atoms with E-state index >= 15 is 0 Å². The number of hydrogen-bond donors (Lipinski definition) is 2. The van der Waals surface area contributed by atoms with Gasteiger partial charge in [0.1, 0.15) is 6.54 Å². The zero-order valence-electron chi connectivity index (χ0n) is 15.0. The standard InChI is InChI=1S/C18H28N4O2.HI/c1-3-19-18(22(2)13-16-9-10-24-14-16)21-12-17(23)20-11-15-7-5-4-6-8-15;/h4-8,16H,3,9-14H2,1-2H3,(H,19,21)(H,20,23);1H. The molecule has 1 aromatic rings. The molecule has 0 saturated carbocycles. The van der Waals surface area contributed by atoms with Crippen molar-refractivity contribution in [3.05, 3.63) is 35.9 Å². The summed E-state index contributed by atoms with van der Waals surface area (Å²) in [5.74, 6) is 1.22. The molecule has 1 aliphatic heterocycles. The first-order chi connectivity index (χ1) is 11.7. The Bertz CT molecular complexity index is 533. The summed E-state index contributed by atoms with van der Waals surface area (Å²) in [6.45, 7) is 5.99. The Labute approximate surface area is 167 Å². The number of nitrogens with one attached hydrogen (secondary N) is 2. The molecular formula is C18H29IN4O2. The third-order valence-corrected chi connectivity index (χ3v) is 3.96. The molecule has 1 amide bonds. The zero-order valence-corrected chi connectivity index (χ0v) is 17.4. The third kappa shape index (κ3) is 8.04. The molecule has 1 aromatic carbocycles. The van der Waals surface area contributed by atoms with E-state index in [0.29, 0.717) is 12.5 Å². The van der Waals surface area contributed by atoms with Gasteiger partial charge in [0.15, 0.2) is 5.96 Å². The fourth-order valence-electron chi connectivity index (χ4n) is 2.67. The van der Waals surface area contributed by atoms with Gasteiger partial charge in [0.25, 0.3) is 0 Å². The van der Waals surface area contributed by atoms with E-state index < -0.39 is 0 Å². The monoisotopic (exact) mass is 460 g/mol. The summed E-state index contributed by atoms with van der Waals surface area (Å²) in [5.41, 5.74) is 1.08. The van der Waals surface area contributed by atoms with Crippen LogP contribution in [0.25, 0.3) is 0 Å². The lowest BCUT2D eigenvalue weighted by Gasteiger charge is -2.24. The quantitative estimate of drug-likeness (QED) is 0.371. The summed E-state index contributed by atoms with van der Waals surface area (Å²) >= 11 is 0. The third-order valence-electron chi connectivity index (χ3n) is 3.96. The first-order valence-electron chi connectivity index (χ1n) is 8.57. The van der Waals surface area contributed by atoms with Crippen LogP contribution in [0.15, 0.2) is 35.3 Å². The fourth-order valence-corrected chi connectivity index (χ4v) is 2.67. The highest BCUT2D eigenvalue weighted by atomic mass is 127. The number of nitrogens with zero attached hydrogens (tertiary/aromatic N) is 2. The summed E-state index contributed by atoms with van der Waals surface area (Å²) in [5, 5.41) is 6.14. The van der Waals surface area contributed by atoms with Crippen LogP contribution in [0, 0.1) is 5.92 Å². The largest absolute Gasteiger partial charge is 0.381 e. The summed E-state index contributed by atoms with van der Waals surface area (Å²) in [6, 6.07) is 9.87. The van der Waals surface area contributed by atoms with Gasteiger partial charge in [0.2, 0.25) is 5.91 Å². The number of carbonyl (C=O) groups excluding carboxylic acids is 1. The summed E-state index contributed by atoms with van der Waals surface area (Å²) < 4.78 is 5.42. The first-order valence-corrected chi connectivity index (χ1v) is 8.57. The van der Waals surface area contributed by atoms with Crippen LogP contribution in [0.3, 0.4) is 0 Å². The van der Waals surface area contributed by atoms with Gasteiger partial charge in [-0.05, 0) is 18.9 Å². The molecule has 140 valence electrons. The lowest BCUT2D eigenvalue weighted by Crippen LogP contribution is -2.42. The Balaban J connectivity index is 0.00000312. The van der Waals surface area contributed by atoms with E-state index in [1.807, 2.05) is 44.3 Å². The molecule has 0 aromatic heterocycles. The Hall–Kier alpha value is -1.35. The van der Waals surface area contributed by atoms with Crippen molar-refractivity contribution in [3.8, 4) is 0 Å². The average Bonchev–Trinajstić information content (AvgIpc) is 3.10. The molecule has 1 aliphatic rings. The van der Waals surface area contributed by atoms with Crippen LogP contribution in [-0.2, 0) is 16.1 Å². The molecule has 1 unspecified atom stereocenters. The minimum atomic E-state index is -0.0770. The second-order valence-electron chi connectivity index (χ2n) is 6.04. The zero-order chi connectivity index (χ0) is 17.2. The van der Waals surface area contributed by atoms with Crippen LogP contribution in [0.1, 0.15) is 18.9 Å². The molecule has 0 aliphatic carbocycles. The van der Waals surface area contributed by atoms with Crippen LogP contribution in [-0.4, -0.2) is 56.7 Å². The maximum absolute atomic E-state index is 12.0. The molecule has 0 bridgehead atoms. The number of ether oxygens (including phenoxy) is 1. The van der Waals surface area contributed by atoms with E-state index in [2.05, 4.69) is 20.5 Å². The normalized spacial score (nSPS) is 16.9. The van der Waals surface area contributed by atoms with E-state index in [4.69, 9.17) is 4.74 Å². The lowest BCUT2D eigenvalue weighted by atomic mass is 10.1. The van der Waals surface area contributed by atoms with E-state index in [-0.39, 0.29) is 36.4 Å². The summed E-state index contributed by atoms with van der Waals surface area (Å²) in [4.78, 5) is 18.5. The topological polar surface area (TPSA) is 66.0 Å². The van der Waals surface area contributed by atoms with Crippen molar-refractivity contribution in [3.63, 3.8) is 0 Å². The predicted molar refractivity (Wildman–Crippen MR) is 111 cm³/mol. The van der Waals surface area contributed by atoms with E-state index in [1.54, 1.807) is 0 Å². The van der Waals surface area contributed by atoms with Crippen LogP contribution in [0.2, 0.25) is 0 Å². The molecule has 2 rings (SSSR count). The average molecular weight is 460 g/mol. The van der Waals surface area contributed by atoms with E-state index in [0.717, 1.165) is 44.2 Å². The van der Waals surface area contributed by atoms with Gasteiger partial charge in [-0.25, -0.2) is 4.99 Å². The van der Waals surface area contributed by atoms with Gasteiger partial charge < -0.3 is 20.3 Å². The number of rotatable bonds is 7. The highest BCUT2D eigenvalue weighted by Gasteiger charge is 2.19. The lowest BCUT2D eigenvalue weighted by molar-refractivity contribution is -0.119. The number of carbonyl (C=O) groups is 1. The number of amides is 1. The van der Waals surface area contributed by atoms with Crippen LogP contribution < -0.4 is 10.6 Å². The SMILES string of the molecule is CCNC(=NCC(=O)NCc1ccccc1)N(C)CC1CCOC1.I. The molecule has 25 heavy (non-hydrogen) atoms. The molecule has 7 heteroatoms. The Morgan fingerprint density at radius 3 is 2.72 bits per heavy atom. The Morgan fingerprint density at radius 2 is 2.08 bits per heavy atom. The van der Waals surface area contributed by atoms with Crippen molar-refractivity contribution in [1.29, 1.82) is 0 Å². The van der Waals surface area contributed by atoms with Gasteiger partial charge in [0.05, 0.1) is 6.61 Å². The van der Waals surface area contributed by atoms with Crippen LogP contribution >= 0.6 is 24.0 Å². The molecule has 2 N–H and O–H groups in total. The van der Waals surface area contributed by atoms with Crippen molar-refractivity contribution in [2.24, 2.45) is 10.9 Å². The highest BCUT2D eigenvalue weighted by molar-refractivity contribution is 14.0. The first kappa shape index (κ1) is 21.7. The Kier molecular flexibility index (Phi) is 10.5. The number of guanidine groups is 1. The van der Waals surface area contributed by atoms with Gasteiger partial charge in [-0.1, -0.05) is 30.3 Å². The summed E-state index contributed by atoms with van der Waals surface area (Å²) in [7, 11) is 2.00. The smallest absolute Gasteiger partial charge is 0.242 e. The van der Waals surface area contributed by atoms with Crippen LogP contribution in [0.4, 0.5) is 0 Å². The van der Waals surface area contributed by atoms with Crippen molar-refractivity contribution >= 4 is 35.8 Å². The predicted octanol–water partition coefficient (Wildman–Crippen LogP) is 1.85. The molecule has 6 nitrogen and oxygen atoms in total. The van der Waals surface area contributed by atoms with Crippen molar-refractivity contribution in [1.82, 2.24) is 15.5 Å².